The number of benzene rings is 1. The van der Waals surface area contributed by atoms with E-state index in [1.165, 1.54) is 18.2 Å². The van der Waals surface area contributed by atoms with Crippen molar-refractivity contribution in [3.05, 3.63) is 33.9 Å². The summed E-state index contributed by atoms with van der Waals surface area (Å²) in [6, 6.07) is 3.89. The van der Waals surface area contributed by atoms with Gasteiger partial charge < -0.3 is 16.8 Å². The lowest BCUT2D eigenvalue weighted by molar-refractivity contribution is -0.384. The van der Waals surface area contributed by atoms with Crippen molar-refractivity contribution in [2.24, 2.45) is 11.7 Å². The topological polar surface area (TPSA) is 124 Å². The lowest BCUT2D eigenvalue weighted by atomic mass is 9.84. The van der Waals surface area contributed by atoms with Crippen LogP contribution in [0.1, 0.15) is 36.0 Å². The predicted molar refractivity (Wildman–Crippen MR) is 87.0 cm³/mol. The molecule has 1 aliphatic rings. The summed E-state index contributed by atoms with van der Waals surface area (Å²) in [5.74, 6) is -0.121. The van der Waals surface area contributed by atoms with E-state index in [-0.39, 0.29) is 47.2 Å². The number of nitro groups is 1. The van der Waals surface area contributed by atoms with E-state index in [4.69, 9.17) is 11.5 Å². The molecule has 8 heteroatoms. The molecule has 1 aliphatic carbocycles. The Labute approximate surface area is 135 Å². The molecule has 0 heterocycles. The van der Waals surface area contributed by atoms with E-state index in [2.05, 4.69) is 5.32 Å². The number of non-ortho nitro benzene ring substituents is 1. The Kier molecular flexibility index (Phi) is 6.58. The fraction of sp³-hybridized carbons (Fsp3) is 0.500. The Hall–Kier alpha value is -1.86. The second kappa shape index (κ2) is 7.95. The van der Waals surface area contributed by atoms with Crippen LogP contribution in [-0.2, 0) is 0 Å². The second-order valence-electron chi connectivity index (χ2n) is 5.39. The number of nitrogens with zero attached hydrogens (tertiary/aromatic N) is 1. The van der Waals surface area contributed by atoms with Crippen LogP contribution in [-0.4, -0.2) is 23.4 Å². The molecule has 5 N–H and O–H groups in total. The van der Waals surface area contributed by atoms with Crippen LogP contribution in [0.3, 0.4) is 0 Å². The van der Waals surface area contributed by atoms with Crippen molar-refractivity contribution in [3.63, 3.8) is 0 Å². The van der Waals surface area contributed by atoms with E-state index in [0.29, 0.717) is 6.54 Å². The number of nitrogen functional groups attached to an aromatic ring is 1. The first kappa shape index (κ1) is 18.2. The van der Waals surface area contributed by atoms with Crippen LogP contribution in [0.2, 0.25) is 0 Å². The number of halogens is 1. The molecule has 1 fully saturated rings. The van der Waals surface area contributed by atoms with Gasteiger partial charge in [-0.15, -0.1) is 12.4 Å². The van der Waals surface area contributed by atoms with Gasteiger partial charge in [0.25, 0.3) is 11.6 Å². The van der Waals surface area contributed by atoms with E-state index in [1.54, 1.807) is 0 Å². The zero-order chi connectivity index (χ0) is 15.4. The van der Waals surface area contributed by atoms with Crippen LogP contribution < -0.4 is 16.8 Å². The third-order valence-electron chi connectivity index (χ3n) is 4.02. The highest BCUT2D eigenvalue weighted by atomic mass is 35.5. The number of nitrogens with two attached hydrogens (primary N) is 2. The smallest absolute Gasteiger partial charge is 0.270 e. The first-order valence-electron chi connectivity index (χ1n) is 7.07. The van der Waals surface area contributed by atoms with E-state index >= 15 is 0 Å². The normalized spacial score (nSPS) is 20.8. The Morgan fingerprint density at radius 3 is 2.68 bits per heavy atom. The SMILES string of the molecule is Cl.NCC1CCCCC1NC(=O)c1cc([N+](=O)[O-])ccc1N. The number of hydrogen-bond donors (Lipinski definition) is 3. The standard InChI is InChI=1S/C14H20N4O3.ClH/c15-8-9-3-1-2-4-13(9)17-14(19)11-7-10(18(20)21)5-6-12(11)16;/h5-7,9,13H,1-4,8,15-16H2,(H,17,19);1H. The van der Waals surface area contributed by atoms with Crippen LogP contribution in [0, 0.1) is 16.0 Å². The molecule has 1 aromatic rings. The maximum absolute atomic E-state index is 12.3. The third kappa shape index (κ3) is 4.08. The minimum absolute atomic E-state index is 0. The average molecular weight is 329 g/mol. The van der Waals surface area contributed by atoms with Gasteiger partial charge in [-0.1, -0.05) is 12.8 Å². The van der Waals surface area contributed by atoms with E-state index in [0.717, 1.165) is 25.7 Å². The van der Waals surface area contributed by atoms with Gasteiger partial charge in [0.15, 0.2) is 0 Å². The molecule has 1 saturated carbocycles. The molecule has 0 aliphatic heterocycles. The largest absolute Gasteiger partial charge is 0.398 e. The molecule has 2 rings (SSSR count). The molecule has 122 valence electrons. The van der Waals surface area contributed by atoms with Gasteiger partial charge in [-0.3, -0.25) is 14.9 Å². The Balaban J connectivity index is 0.00000242. The van der Waals surface area contributed by atoms with Crippen molar-refractivity contribution in [1.29, 1.82) is 0 Å². The van der Waals surface area contributed by atoms with Crippen LogP contribution >= 0.6 is 12.4 Å². The monoisotopic (exact) mass is 328 g/mol. The molecule has 0 aromatic heterocycles. The molecule has 0 bridgehead atoms. The van der Waals surface area contributed by atoms with Crippen molar-refractivity contribution < 1.29 is 9.72 Å². The van der Waals surface area contributed by atoms with Gasteiger partial charge in [-0.2, -0.15) is 0 Å². The Bertz CT molecular complexity index is 553. The van der Waals surface area contributed by atoms with Gasteiger partial charge in [0.2, 0.25) is 0 Å². The summed E-state index contributed by atoms with van der Waals surface area (Å²) in [6.45, 7) is 0.523. The second-order valence-corrected chi connectivity index (χ2v) is 5.39. The molecule has 1 aromatic carbocycles. The number of nitro benzene ring substituents is 1. The molecular formula is C14H21ClN4O3. The fourth-order valence-corrected chi connectivity index (χ4v) is 2.78. The minimum Gasteiger partial charge on any atom is -0.398 e. The Morgan fingerprint density at radius 2 is 2.05 bits per heavy atom. The zero-order valence-electron chi connectivity index (χ0n) is 12.2. The summed E-state index contributed by atoms with van der Waals surface area (Å²) in [7, 11) is 0. The van der Waals surface area contributed by atoms with Gasteiger partial charge in [0, 0.05) is 23.9 Å². The number of carbonyl (C=O) groups excluding carboxylic acids is 1. The van der Waals surface area contributed by atoms with Gasteiger partial charge in [0.1, 0.15) is 0 Å². The molecular weight excluding hydrogens is 308 g/mol. The number of rotatable bonds is 4. The highest BCUT2D eigenvalue weighted by molar-refractivity contribution is 6.00. The summed E-state index contributed by atoms with van der Waals surface area (Å²) >= 11 is 0. The molecule has 7 nitrogen and oxygen atoms in total. The maximum atomic E-state index is 12.3. The minimum atomic E-state index is -0.542. The molecule has 2 atom stereocenters. The van der Waals surface area contributed by atoms with Crippen LogP contribution in [0.25, 0.3) is 0 Å². The molecule has 1 amide bonds. The quantitative estimate of drug-likeness (QED) is 0.442. The van der Waals surface area contributed by atoms with E-state index < -0.39 is 4.92 Å². The van der Waals surface area contributed by atoms with Gasteiger partial charge in [-0.25, -0.2) is 0 Å². The first-order chi connectivity index (χ1) is 10.0. The van der Waals surface area contributed by atoms with Gasteiger partial charge in [-0.05, 0) is 31.4 Å². The molecule has 0 radical (unpaired) electrons. The number of amides is 1. The lowest BCUT2D eigenvalue weighted by Crippen LogP contribution is -2.44. The van der Waals surface area contributed by atoms with Crippen LogP contribution in [0.4, 0.5) is 11.4 Å². The molecule has 2 unspecified atom stereocenters. The first-order valence-corrected chi connectivity index (χ1v) is 7.07. The maximum Gasteiger partial charge on any atom is 0.270 e. The summed E-state index contributed by atoms with van der Waals surface area (Å²) in [6.07, 6.45) is 4.04. The Morgan fingerprint density at radius 1 is 1.36 bits per heavy atom. The van der Waals surface area contributed by atoms with Crippen molar-refractivity contribution in [1.82, 2.24) is 5.32 Å². The molecule has 0 saturated heterocycles. The summed E-state index contributed by atoms with van der Waals surface area (Å²) in [5.41, 5.74) is 11.7. The predicted octanol–water partition coefficient (Wildman–Crippen LogP) is 1.85. The van der Waals surface area contributed by atoms with Crippen molar-refractivity contribution in [3.8, 4) is 0 Å². The van der Waals surface area contributed by atoms with Crippen molar-refractivity contribution >= 4 is 29.7 Å². The number of anilines is 1. The highest BCUT2D eigenvalue weighted by Gasteiger charge is 2.26. The molecule has 0 spiro atoms. The fourth-order valence-electron chi connectivity index (χ4n) is 2.78. The van der Waals surface area contributed by atoms with Crippen molar-refractivity contribution in [2.45, 2.75) is 31.7 Å². The summed E-state index contributed by atoms with van der Waals surface area (Å²) < 4.78 is 0. The van der Waals surface area contributed by atoms with Gasteiger partial charge >= 0.3 is 0 Å². The highest BCUT2D eigenvalue weighted by Crippen LogP contribution is 2.25. The lowest BCUT2D eigenvalue weighted by Gasteiger charge is -2.31. The third-order valence-corrected chi connectivity index (χ3v) is 4.02. The van der Waals surface area contributed by atoms with Crippen LogP contribution in [0.5, 0.6) is 0 Å². The number of carbonyl (C=O) groups is 1. The summed E-state index contributed by atoms with van der Waals surface area (Å²) in [4.78, 5) is 22.6. The van der Waals surface area contributed by atoms with Crippen molar-refractivity contribution in [2.75, 3.05) is 12.3 Å². The van der Waals surface area contributed by atoms with E-state index in [1.807, 2.05) is 0 Å². The van der Waals surface area contributed by atoms with E-state index in [9.17, 15) is 14.9 Å². The zero-order valence-corrected chi connectivity index (χ0v) is 13.0. The number of hydrogen-bond acceptors (Lipinski definition) is 5. The summed E-state index contributed by atoms with van der Waals surface area (Å²) in [5, 5.41) is 13.7. The molecule has 22 heavy (non-hydrogen) atoms. The average Bonchev–Trinajstić information content (AvgIpc) is 2.47. The number of nitrogens with one attached hydrogen (secondary N) is 1. The van der Waals surface area contributed by atoms with Crippen LogP contribution in [0.15, 0.2) is 18.2 Å². The van der Waals surface area contributed by atoms with Gasteiger partial charge in [0.05, 0.1) is 10.5 Å².